The van der Waals surface area contributed by atoms with E-state index in [1.807, 2.05) is 0 Å². The van der Waals surface area contributed by atoms with Gasteiger partial charge in [0.1, 0.15) is 0 Å². The number of aromatic carboxylic acids is 1. The molecule has 0 spiro atoms. The average Bonchev–Trinajstić information content (AvgIpc) is 2.66. The van der Waals surface area contributed by atoms with E-state index in [4.69, 9.17) is 5.11 Å². The minimum atomic E-state index is -0.955. The first kappa shape index (κ1) is 14.1. The van der Waals surface area contributed by atoms with Crippen LogP contribution in [0.3, 0.4) is 0 Å². The van der Waals surface area contributed by atoms with Gasteiger partial charge in [0.05, 0.1) is 5.69 Å². The van der Waals surface area contributed by atoms with Crippen LogP contribution in [-0.2, 0) is 6.54 Å². The second-order valence-corrected chi connectivity index (χ2v) is 6.05. The van der Waals surface area contributed by atoms with Crippen molar-refractivity contribution in [2.75, 3.05) is 6.54 Å². The zero-order valence-electron chi connectivity index (χ0n) is 10.8. The SMILES string of the molecule is CC(C)C(C)(C)CNCc1csc(C(=O)O)n1. The lowest BCUT2D eigenvalue weighted by molar-refractivity contribution is 0.0696. The van der Waals surface area contributed by atoms with Crippen LogP contribution in [0.1, 0.15) is 43.2 Å². The van der Waals surface area contributed by atoms with Gasteiger partial charge in [-0.2, -0.15) is 0 Å². The van der Waals surface area contributed by atoms with Crippen molar-refractivity contribution in [2.45, 2.75) is 34.2 Å². The minimum absolute atomic E-state index is 0.157. The highest BCUT2D eigenvalue weighted by Crippen LogP contribution is 2.24. The van der Waals surface area contributed by atoms with Crippen LogP contribution < -0.4 is 5.32 Å². The summed E-state index contributed by atoms with van der Waals surface area (Å²) >= 11 is 1.17. The third-order valence-corrected chi connectivity index (χ3v) is 4.06. The second-order valence-electron chi connectivity index (χ2n) is 5.20. The molecule has 1 aromatic heterocycles. The molecule has 5 heteroatoms. The number of nitrogens with one attached hydrogen (secondary N) is 1. The average molecular weight is 256 g/mol. The second kappa shape index (κ2) is 5.60. The molecule has 1 heterocycles. The van der Waals surface area contributed by atoms with Crippen molar-refractivity contribution >= 4 is 17.3 Å². The van der Waals surface area contributed by atoms with Crippen molar-refractivity contribution in [3.8, 4) is 0 Å². The largest absolute Gasteiger partial charge is 0.476 e. The fraction of sp³-hybridized carbons (Fsp3) is 0.667. The fourth-order valence-corrected chi connectivity index (χ4v) is 1.86. The van der Waals surface area contributed by atoms with E-state index in [-0.39, 0.29) is 10.4 Å². The molecule has 0 aromatic carbocycles. The van der Waals surface area contributed by atoms with Crippen LogP contribution in [0, 0.1) is 11.3 Å². The molecule has 1 aromatic rings. The van der Waals surface area contributed by atoms with Gasteiger partial charge in [0.15, 0.2) is 0 Å². The zero-order valence-corrected chi connectivity index (χ0v) is 11.6. The van der Waals surface area contributed by atoms with Crippen LogP contribution in [0.15, 0.2) is 5.38 Å². The molecule has 0 aliphatic carbocycles. The molecule has 1 rings (SSSR count). The number of thiazole rings is 1. The third-order valence-electron chi connectivity index (χ3n) is 3.18. The lowest BCUT2D eigenvalue weighted by Crippen LogP contribution is -2.33. The molecule has 0 atom stereocenters. The van der Waals surface area contributed by atoms with Crippen molar-refractivity contribution in [2.24, 2.45) is 11.3 Å². The van der Waals surface area contributed by atoms with E-state index in [2.05, 4.69) is 38.0 Å². The predicted octanol–water partition coefficient (Wildman–Crippen LogP) is 2.61. The molecule has 17 heavy (non-hydrogen) atoms. The first-order valence-electron chi connectivity index (χ1n) is 5.71. The maximum atomic E-state index is 10.7. The van der Waals surface area contributed by atoms with Gasteiger partial charge in [0, 0.05) is 18.5 Å². The topological polar surface area (TPSA) is 62.2 Å². The van der Waals surface area contributed by atoms with E-state index in [0.29, 0.717) is 12.5 Å². The summed E-state index contributed by atoms with van der Waals surface area (Å²) in [4.78, 5) is 14.7. The number of carbonyl (C=O) groups is 1. The third kappa shape index (κ3) is 4.09. The molecule has 0 saturated carbocycles. The first-order chi connectivity index (χ1) is 7.83. The van der Waals surface area contributed by atoms with Gasteiger partial charge in [0.2, 0.25) is 5.01 Å². The minimum Gasteiger partial charge on any atom is -0.476 e. The molecule has 0 radical (unpaired) electrons. The van der Waals surface area contributed by atoms with Gasteiger partial charge < -0.3 is 10.4 Å². The Balaban J connectivity index is 2.43. The molecule has 0 aliphatic heterocycles. The lowest BCUT2D eigenvalue weighted by Gasteiger charge is -2.29. The maximum Gasteiger partial charge on any atom is 0.365 e. The summed E-state index contributed by atoms with van der Waals surface area (Å²) in [6.07, 6.45) is 0. The Hall–Kier alpha value is -0.940. The van der Waals surface area contributed by atoms with Gasteiger partial charge >= 0.3 is 5.97 Å². The van der Waals surface area contributed by atoms with Crippen molar-refractivity contribution < 1.29 is 9.90 Å². The van der Waals surface area contributed by atoms with Crippen LogP contribution in [0.5, 0.6) is 0 Å². The number of aromatic nitrogens is 1. The van der Waals surface area contributed by atoms with Crippen LogP contribution in [0.4, 0.5) is 0 Å². The number of hydrogen-bond acceptors (Lipinski definition) is 4. The van der Waals surface area contributed by atoms with E-state index < -0.39 is 5.97 Å². The maximum absolute atomic E-state index is 10.7. The van der Waals surface area contributed by atoms with Crippen molar-refractivity contribution in [1.82, 2.24) is 10.3 Å². The summed E-state index contributed by atoms with van der Waals surface area (Å²) in [5.74, 6) is -0.358. The number of carboxylic acid groups (broad SMARTS) is 1. The Morgan fingerprint density at radius 3 is 2.71 bits per heavy atom. The molecule has 0 bridgehead atoms. The molecule has 0 fully saturated rings. The number of nitrogens with zero attached hydrogens (tertiary/aromatic N) is 1. The number of carboxylic acids is 1. The van der Waals surface area contributed by atoms with Gasteiger partial charge in [0.25, 0.3) is 0 Å². The predicted molar refractivity (Wildman–Crippen MR) is 69.4 cm³/mol. The van der Waals surface area contributed by atoms with E-state index in [9.17, 15) is 4.79 Å². The Labute approximate surface area is 106 Å². The highest BCUT2D eigenvalue weighted by Gasteiger charge is 2.21. The molecule has 4 nitrogen and oxygen atoms in total. The summed E-state index contributed by atoms with van der Waals surface area (Å²) in [7, 11) is 0. The Morgan fingerprint density at radius 2 is 2.24 bits per heavy atom. The van der Waals surface area contributed by atoms with Gasteiger partial charge in [-0.15, -0.1) is 11.3 Å². The first-order valence-corrected chi connectivity index (χ1v) is 6.59. The normalized spacial score (nSPS) is 12.1. The Morgan fingerprint density at radius 1 is 1.59 bits per heavy atom. The van der Waals surface area contributed by atoms with Crippen molar-refractivity contribution in [1.29, 1.82) is 0 Å². The quantitative estimate of drug-likeness (QED) is 0.821. The standard InChI is InChI=1S/C12H20N2O2S/c1-8(2)12(3,4)7-13-5-9-6-17-10(14-9)11(15)16/h6,8,13H,5,7H2,1-4H3,(H,15,16). The van der Waals surface area contributed by atoms with E-state index in [1.54, 1.807) is 5.38 Å². The highest BCUT2D eigenvalue weighted by atomic mass is 32.1. The van der Waals surface area contributed by atoms with Crippen molar-refractivity contribution in [3.05, 3.63) is 16.1 Å². The van der Waals surface area contributed by atoms with E-state index in [0.717, 1.165) is 12.2 Å². The van der Waals surface area contributed by atoms with Crippen LogP contribution in [0.25, 0.3) is 0 Å². The summed E-state index contributed by atoms with van der Waals surface area (Å²) < 4.78 is 0. The molecule has 0 saturated heterocycles. The molecular formula is C12H20N2O2S. The highest BCUT2D eigenvalue weighted by molar-refractivity contribution is 7.11. The summed E-state index contributed by atoms with van der Waals surface area (Å²) in [6, 6.07) is 0. The zero-order chi connectivity index (χ0) is 13.1. The van der Waals surface area contributed by atoms with Gasteiger partial charge in [-0.1, -0.05) is 27.7 Å². The molecule has 2 N–H and O–H groups in total. The van der Waals surface area contributed by atoms with Crippen LogP contribution in [-0.4, -0.2) is 22.6 Å². The smallest absolute Gasteiger partial charge is 0.365 e. The molecule has 0 amide bonds. The van der Waals surface area contributed by atoms with E-state index >= 15 is 0 Å². The summed E-state index contributed by atoms with van der Waals surface area (Å²) in [5, 5.41) is 14.0. The Kier molecular flexibility index (Phi) is 4.65. The summed E-state index contributed by atoms with van der Waals surface area (Å²) in [5.41, 5.74) is 1.03. The summed E-state index contributed by atoms with van der Waals surface area (Å²) in [6.45, 7) is 10.4. The number of hydrogen-bond donors (Lipinski definition) is 2. The molecule has 0 unspecified atom stereocenters. The molecule has 96 valence electrons. The molecular weight excluding hydrogens is 236 g/mol. The molecule has 0 aliphatic rings. The number of rotatable bonds is 6. The van der Waals surface area contributed by atoms with Crippen LogP contribution >= 0.6 is 11.3 Å². The Bertz CT molecular complexity index is 386. The monoisotopic (exact) mass is 256 g/mol. The van der Waals surface area contributed by atoms with Gasteiger partial charge in [-0.05, 0) is 11.3 Å². The van der Waals surface area contributed by atoms with Crippen LogP contribution in [0.2, 0.25) is 0 Å². The fourth-order valence-electron chi connectivity index (χ4n) is 1.20. The lowest BCUT2D eigenvalue weighted by atomic mass is 9.81. The van der Waals surface area contributed by atoms with Gasteiger partial charge in [-0.25, -0.2) is 9.78 Å². The van der Waals surface area contributed by atoms with E-state index in [1.165, 1.54) is 11.3 Å². The van der Waals surface area contributed by atoms with Gasteiger partial charge in [-0.3, -0.25) is 0 Å². The van der Waals surface area contributed by atoms with Crippen molar-refractivity contribution in [3.63, 3.8) is 0 Å².